The lowest BCUT2D eigenvalue weighted by Crippen LogP contribution is -1.81. The lowest BCUT2D eigenvalue weighted by molar-refractivity contribution is 0.276. The fourth-order valence-electron chi connectivity index (χ4n) is 0.734. The molecule has 0 N–H and O–H groups in total. The maximum absolute atomic E-state index is 10.5. The third-order valence-corrected chi connectivity index (χ3v) is 2.17. The molecule has 2 nitrogen and oxygen atoms in total. The first kappa shape index (κ1) is 9.11. The molecule has 0 spiro atoms. The summed E-state index contributed by atoms with van der Waals surface area (Å²) < 4.78 is -0.530. The Labute approximate surface area is 79.1 Å². The minimum atomic E-state index is -0.530. The van der Waals surface area contributed by atoms with Crippen molar-refractivity contribution in [3.63, 3.8) is 0 Å². The number of hydrogen-bond acceptors (Lipinski definition) is 3. The van der Waals surface area contributed by atoms with Gasteiger partial charge in [0.2, 0.25) is 0 Å². The van der Waals surface area contributed by atoms with Gasteiger partial charge in [-0.25, -0.2) is 0 Å². The zero-order valence-electron chi connectivity index (χ0n) is 5.95. The van der Waals surface area contributed by atoms with Gasteiger partial charge >= 0.3 is 0 Å². The van der Waals surface area contributed by atoms with Crippen molar-refractivity contribution in [1.29, 1.82) is 5.26 Å². The summed E-state index contributed by atoms with van der Waals surface area (Å²) in [5.74, 6) is 0. The molecule has 0 amide bonds. The average Bonchev–Trinajstić information content (AvgIpc) is 2.04. The highest BCUT2D eigenvalue weighted by Crippen LogP contribution is 2.24. The van der Waals surface area contributed by atoms with Gasteiger partial charge < -0.3 is 0 Å². The van der Waals surface area contributed by atoms with Crippen LogP contribution < -0.4 is 0 Å². The second-order valence-electron chi connectivity index (χ2n) is 1.95. The quantitative estimate of drug-likeness (QED) is 0.513. The molecule has 0 heterocycles. The Morgan fingerprint density at radius 3 is 2.75 bits per heavy atom. The SMILES string of the molecule is N#Cc1ccccc1SC(=O)Cl. The number of halogens is 1. The van der Waals surface area contributed by atoms with Crippen LogP contribution in [0.2, 0.25) is 0 Å². The van der Waals surface area contributed by atoms with E-state index >= 15 is 0 Å². The standard InChI is InChI=1S/C8H4ClNOS/c9-8(11)12-7-4-2-1-3-6(7)5-10/h1-4H. The maximum atomic E-state index is 10.5. The van der Waals surface area contributed by atoms with Crippen molar-refractivity contribution in [1.82, 2.24) is 0 Å². The summed E-state index contributed by atoms with van der Waals surface area (Å²) in [7, 11) is 0. The van der Waals surface area contributed by atoms with E-state index in [1.54, 1.807) is 24.3 Å². The van der Waals surface area contributed by atoms with Crippen LogP contribution in [0.4, 0.5) is 4.79 Å². The van der Waals surface area contributed by atoms with E-state index in [2.05, 4.69) is 0 Å². The highest BCUT2D eigenvalue weighted by Gasteiger charge is 2.04. The van der Waals surface area contributed by atoms with Gasteiger partial charge in [0.15, 0.2) is 0 Å². The van der Waals surface area contributed by atoms with Gasteiger partial charge in [0.05, 0.1) is 5.56 Å². The molecule has 60 valence electrons. The van der Waals surface area contributed by atoms with E-state index < -0.39 is 4.57 Å². The van der Waals surface area contributed by atoms with Crippen molar-refractivity contribution in [3.05, 3.63) is 29.8 Å². The van der Waals surface area contributed by atoms with Crippen molar-refractivity contribution in [3.8, 4) is 6.07 Å². The molecular weight excluding hydrogens is 194 g/mol. The Hall–Kier alpha value is -0.980. The molecule has 1 rings (SSSR count). The molecule has 1 aromatic carbocycles. The highest BCUT2D eigenvalue weighted by atomic mass is 35.5. The van der Waals surface area contributed by atoms with E-state index in [1.165, 1.54) is 0 Å². The molecule has 4 heteroatoms. The minimum absolute atomic E-state index is 0.469. The molecule has 0 aliphatic heterocycles. The molecule has 0 aliphatic carbocycles. The predicted octanol–water partition coefficient (Wildman–Crippen LogP) is 3.01. The molecule has 1 aromatic rings. The molecular formula is C8H4ClNOS. The summed E-state index contributed by atoms with van der Waals surface area (Å²) in [5, 5.41) is 8.61. The second-order valence-corrected chi connectivity index (χ2v) is 3.53. The summed E-state index contributed by atoms with van der Waals surface area (Å²) in [6.45, 7) is 0. The van der Waals surface area contributed by atoms with E-state index in [-0.39, 0.29) is 0 Å². The summed E-state index contributed by atoms with van der Waals surface area (Å²) >= 11 is 6.01. The number of hydrogen-bond donors (Lipinski definition) is 0. The van der Waals surface area contributed by atoms with Crippen LogP contribution in [-0.2, 0) is 0 Å². The van der Waals surface area contributed by atoms with Crippen LogP contribution in [0.3, 0.4) is 0 Å². The van der Waals surface area contributed by atoms with Gasteiger partial charge in [0.25, 0.3) is 4.57 Å². The number of carbonyl (C=O) groups excluding carboxylic acids is 1. The Bertz CT molecular complexity index is 345. The lowest BCUT2D eigenvalue weighted by Gasteiger charge is -1.96. The smallest absolute Gasteiger partial charge is 0.268 e. The average molecular weight is 198 g/mol. The van der Waals surface area contributed by atoms with Crippen LogP contribution in [0, 0.1) is 11.3 Å². The molecule has 0 fully saturated rings. The molecule has 0 saturated carbocycles. The molecule has 0 aliphatic rings. The lowest BCUT2D eigenvalue weighted by atomic mass is 10.2. The van der Waals surface area contributed by atoms with Crippen LogP contribution in [0.5, 0.6) is 0 Å². The maximum Gasteiger partial charge on any atom is 0.284 e. The summed E-state index contributed by atoms with van der Waals surface area (Å²) in [6, 6.07) is 8.78. The fraction of sp³-hybridized carbons (Fsp3) is 0. The monoisotopic (exact) mass is 197 g/mol. The van der Waals surface area contributed by atoms with Crippen molar-refractivity contribution < 1.29 is 4.79 Å². The molecule has 0 saturated heterocycles. The first-order chi connectivity index (χ1) is 5.74. The molecule has 0 radical (unpaired) electrons. The van der Waals surface area contributed by atoms with Crippen molar-refractivity contribution >= 4 is 27.9 Å². The second kappa shape index (κ2) is 4.15. The zero-order valence-corrected chi connectivity index (χ0v) is 7.52. The van der Waals surface area contributed by atoms with Gasteiger partial charge in [-0.2, -0.15) is 5.26 Å². The van der Waals surface area contributed by atoms with Gasteiger partial charge in [0.1, 0.15) is 6.07 Å². The molecule has 0 unspecified atom stereocenters. The van der Waals surface area contributed by atoms with Crippen LogP contribution in [0.1, 0.15) is 5.56 Å². The number of carbonyl (C=O) groups is 1. The van der Waals surface area contributed by atoms with E-state index in [0.29, 0.717) is 10.5 Å². The van der Waals surface area contributed by atoms with E-state index in [9.17, 15) is 4.79 Å². The van der Waals surface area contributed by atoms with Gasteiger partial charge in [-0.05, 0) is 35.5 Å². The summed E-state index contributed by atoms with van der Waals surface area (Å²) in [5.41, 5.74) is 0.469. The summed E-state index contributed by atoms with van der Waals surface area (Å²) in [4.78, 5) is 11.1. The molecule has 0 bridgehead atoms. The minimum Gasteiger partial charge on any atom is -0.268 e. The Kier molecular flexibility index (Phi) is 3.15. The first-order valence-electron chi connectivity index (χ1n) is 3.10. The van der Waals surface area contributed by atoms with E-state index in [0.717, 1.165) is 11.8 Å². The third-order valence-electron chi connectivity index (χ3n) is 1.20. The number of benzene rings is 1. The Morgan fingerprint density at radius 1 is 1.50 bits per heavy atom. The topological polar surface area (TPSA) is 40.9 Å². The molecule has 12 heavy (non-hydrogen) atoms. The van der Waals surface area contributed by atoms with E-state index in [1.807, 2.05) is 6.07 Å². The van der Waals surface area contributed by atoms with Gasteiger partial charge in [-0.3, -0.25) is 4.79 Å². The van der Waals surface area contributed by atoms with Crippen LogP contribution in [0.15, 0.2) is 29.2 Å². The van der Waals surface area contributed by atoms with Crippen molar-refractivity contribution in [2.24, 2.45) is 0 Å². The van der Waals surface area contributed by atoms with Crippen LogP contribution >= 0.6 is 23.4 Å². The normalized spacial score (nSPS) is 9.00. The largest absolute Gasteiger partial charge is 0.284 e. The van der Waals surface area contributed by atoms with Gasteiger partial charge in [0, 0.05) is 4.90 Å². The van der Waals surface area contributed by atoms with Crippen molar-refractivity contribution in [2.45, 2.75) is 4.90 Å². The number of rotatable bonds is 1. The summed E-state index contributed by atoms with van der Waals surface area (Å²) in [6.07, 6.45) is 0. The zero-order chi connectivity index (χ0) is 8.97. The highest BCUT2D eigenvalue weighted by molar-refractivity contribution is 8.16. The third kappa shape index (κ3) is 2.26. The number of nitrogens with zero attached hydrogens (tertiary/aromatic N) is 1. The van der Waals surface area contributed by atoms with Gasteiger partial charge in [-0.1, -0.05) is 12.1 Å². The van der Waals surface area contributed by atoms with E-state index in [4.69, 9.17) is 16.9 Å². The van der Waals surface area contributed by atoms with Crippen LogP contribution in [-0.4, -0.2) is 4.57 Å². The van der Waals surface area contributed by atoms with Crippen LogP contribution in [0.25, 0.3) is 0 Å². The Balaban J connectivity index is 2.99. The fourth-order valence-corrected chi connectivity index (χ4v) is 1.53. The first-order valence-corrected chi connectivity index (χ1v) is 4.30. The van der Waals surface area contributed by atoms with Crippen molar-refractivity contribution in [2.75, 3.05) is 0 Å². The van der Waals surface area contributed by atoms with Gasteiger partial charge in [-0.15, -0.1) is 0 Å². The number of nitriles is 1. The predicted molar refractivity (Wildman–Crippen MR) is 48.3 cm³/mol. The number of thioether (sulfide) groups is 1. The molecule has 0 aromatic heterocycles. The molecule has 0 atom stereocenters. The Morgan fingerprint density at radius 2 is 2.17 bits per heavy atom.